The molecule has 0 saturated carbocycles. The number of fused-ring (bicyclic) bond motifs is 1. The van der Waals surface area contributed by atoms with E-state index in [1.807, 2.05) is 0 Å². The van der Waals surface area contributed by atoms with E-state index in [1.54, 1.807) is 0 Å². The number of guanidine groups is 1. The minimum Gasteiger partial charge on any atom is -0.450 e. The van der Waals surface area contributed by atoms with Crippen LogP contribution in [0, 0.1) is 11.6 Å². The zero-order chi connectivity index (χ0) is 22.2. The summed E-state index contributed by atoms with van der Waals surface area (Å²) in [6, 6.07) is 8.93. The lowest BCUT2D eigenvalue weighted by atomic mass is 10.2. The van der Waals surface area contributed by atoms with Crippen molar-refractivity contribution in [1.29, 1.82) is 0 Å². The van der Waals surface area contributed by atoms with Crippen molar-refractivity contribution in [3.63, 3.8) is 0 Å². The molecule has 1 aromatic heterocycles. The second-order valence-corrected chi connectivity index (χ2v) is 8.75. The third kappa shape index (κ3) is 4.41. The van der Waals surface area contributed by atoms with Gasteiger partial charge in [0, 0.05) is 11.2 Å². The minimum atomic E-state index is -4.11. The first kappa shape index (κ1) is 21.3. The number of sulfonamides is 1. The summed E-state index contributed by atoms with van der Waals surface area (Å²) in [6.45, 7) is -0.263. The minimum absolute atomic E-state index is 0.00505. The molecule has 12 heteroatoms. The average molecular weight is 485 g/mol. The number of aromatic nitrogens is 1. The highest BCUT2D eigenvalue weighted by molar-refractivity contribution is 7.90. The monoisotopic (exact) mass is 484 g/mol. The van der Waals surface area contributed by atoms with Crippen LogP contribution in [0.1, 0.15) is 5.69 Å². The van der Waals surface area contributed by atoms with Gasteiger partial charge in [-0.05, 0) is 42.5 Å². The fourth-order valence-corrected chi connectivity index (χ4v) is 4.32. The fraction of sp³-hybridized carbons (Fsp3) is 0.0526. The van der Waals surface area contributed by atoms with Crippen LogP contribution in [0.5, 0.6) is 11.5 Å². The van der Waals surface area contributed by atoms with E-state index < -0.39 is 27.4 Å². The van der Waals surface area contributed by atoms with Gasteiger partial charge < -0.3 is 10.1 Å². The van der Waals surface area contributed by atoms with E-state index in [0.29, 0.717) is 5.02 Å². The molecule has 0 saturated heterocycles. The highest BCUT2D eigenvalue weighted by atomic mass is 35.5. The van der Waals surface area contributed by atoms with Gasteiger partial charge in [0.1, 0.15) is 22.1 Å². The van der Waals surface area contributed by atoms with Gasteiger partial charge in [-0.1, -0.05) is 23.2 Å². The first-order valence-electron chi connectivity index (χ1n) is 8.64. The highest BCUT2D eigenvalue weighted by Crippen LogP contribution is 2.41. The summed E-state index contributed by atoms with van der Waals surface area (Å²) in [5.74, 6) is -2.05. The molecule has 2 N–H and O–H groups in total. The van der Waals surface area contributed by atoms with Crippen LogP contribution >= 0.6 is 23.2 Å². The fourth-order valence-electron chi connectivity index (χ4n) is 2.74. The maximum Gasteiger partial charge on any atom is 0.266 e. The van der Waals surface area contributed by atoms with Gasteiger partial charge in [0.25, 0.3) is 10.0 Å². The Balaban J connectivity index is 1.73. The summed E-state index contributed by atoms with van der Waals surface area (Å²) in [4.78, 5) is 7.59. The maximum absolute atomic E-state index is 14.6. The van der Waals surface area contributed by atoms with E-state index >= 15 is 0 Å². The van der Waals surface area contributed by atoms with E-state index in [2.05, 4.69) is 20.0 Å². The van der Waals surface area contributed by atoms with Crippen molar-refractivity contribution in [2.45, 2.75) is 11.4 Å². The molecule has 0 aliphatic carbocycles. The van der Waals surface area contributed by atoms with Crippen molar-refractivity contribution in [2.24, 2.45) is 4.99 Å². The molecule has 2 heterocycles. The van der Waals surface area contributed by atoms with Crippen molar-refractivity contribution in [2.75, 3.05) is 5.32 Å². The molecule has 0 atom stereocenters. The van der Waals surface area contributed by atoms with E-state index in [9.17, 15) is 17.2 Å². The molecule has 160 valence electrons. The van der Waals surface area contributed by atoms with Crippen molar-refractivity contribution in [3.05, 3.63) is 76.0 Å². The van der Waals surface area contributed by atoms with Crippen molar-refractivity contribution in [1.82, 2.24) is 9.71 Å². The molecule has 1 aliphatic rings. The highest BCUT2D eigenvalue weighted by Gasteiger charge is 2.31. The van der Waals surface area contributed by atoms with Crippen molar-refractivity contribution < 1.29 is 21.9 Å². The Morgan fingerprint density at radius 2 is 1.90 bits per heavy atom. The van der Waals surface area contributed by atoms with Crippen LogP contribution in [0.15, 0.2) is 58.5 Å². The molecule has 0 bridgehead atoms. The van der Waals surface area contributed by atoms with Gasteiger partial charge in [-0.15, -0.1) is 0 Å². The maximum atomic E-state index is 14.6. The standard InChI is InChI=1S/C19H12Cl2F2N4O3S/c20-10-3-5-15(11(21)8-10)30-18-13(23)4-6-16-17(18)26-19(27-31(16,28)29)25-9-14-12(22)2-1-7-24-14/h1-8H,9H2,(H2,25,26,27). The summed E-state index contributed by atoms with van der Waals surface area (Å²) >= 11 is 11.9. The van der Waals surface area contributed by atoms with Gasteiger partial charge in [0.2, 0.25) is 5.96 Å². The summed E-state index contributed by atoms with van der Waals surface area (Å²) in [5, 5.41) is 3.12. The molecular formula is C19H12Cl2F2N4O3S. The topological polar surface area (TPSA) is 92.7 Å². The van der Waals surface area contributed by atoms with Crippen LogP contribution in [0.3, 0.4) is 0 Å². The van der Waals surface area contributed by atoms with Gasteiger partial charge in [-0.2, -0.15) is 0 Å². The molecule has 0 fully saturated rings. The van der Waals surface area contributed by atoms with E-state index in [4.69, 9.17) is 27.9 Å². The van der Waals surface area contributed by atoms with Gasteiger partial charge in [-0.25, -0.2) is 26.9 Å². The number of nitrogens with zero attached hydrogens (tertiary/aromatic N) is 2. The lowest BCUT2D eigenvalue weighted by molar-refractivity contribution is 0.443. The van der Waals surface area contributed by atoms with Crippen LogP contribution in [-0.4, -0.2) is 19.4 Å². The molecule has 3 aromatic rings. The smallest absolute Gasteiger partial charge is 0.266 e. The molecular weight excluding hydrogens is 473 g/mol. The summed E-state index contributed by atoms with van der Waals surface area (Å²) in [5.41, 5.74) is -0.185. The Morgan fingerprint density at radius 1 is 1.10 bits per heavy atom. The third-order valence-electron chi connectivity index (χ3n) is 4.16. The quantitative estimate of drug-likeness (QED) is 0.558. The summed E-state index contributed by atoms with van der Waals surface area (Å²) in [7, 11) is -4.11. The van der Waals surface area contributed by atoms with Crippen LogP contribution in [-0.2, 0) is 16.6 Å². The Labute approximate surface area is 185 Å². The predicted octanol–water partition coefficient (Wildman–Crippen LogP) is 4.72. The molecule has 0 spiro atoms. The number of anilines is 1. The van der Waals surface area contributed by atoms with Gasteiger partial charge in [0.15, 0.2) is 11.6 Å². The molecule has 31 heavy (non-hydrogen) atoms. The Hall–Kier alpha value is -2.95. The van der Waals surface area contributed by atoms with Crippen molar-refractivity contribution in [3.8, 4) is 11.5 Å². The lowest BCUT2D eigenvalue weighted by Gasteiger charge is -2.24. The average Bonchev–Trinajstić information content (AvgIpc) is 2.70. The van der Waals surface area contributed by atoms with Crippen LogP contribution in [0.25, 0.3) is 0 Å². The Kier molecular flexibility index (Phi) is 5.69. The lowest BCUT2D eigenvalue weighted by Crippen LogP contribution is -2.41. The molecule has 0 amide bonds. The first-order valence-corrected chi connectivity index (χ1v) is 10.9. The second kappa shape index (κ2) is 8.29. The Bertz CT molecular complexity index is 1320. The van der Waals surface area contributed by atoms with E-state index in [-0.39, 0.29) is 39.6 Å². The van der Waals surface area contributed by atoms with Gasteiger partial charge in [0.05, 0.1) is 17.3 Å². The van der Waals surface area contributed by atoms with Gasteiger partial charge >= 0.3 is 0 Å². The number of hydrogen-bond donors (Lipinski definition) is 2. The normalized spacial score (nSPS) is 15.7. The Morgan fingerprint density at radius 3 is 2.65 bits per heavy atom. The number of rotatable bonds is 4. The predicted molar refractivity (Wildman–Crippen MR) is 112 cm³/mol. The zero-order valence-corrected chi connectivity index (χ0v) is 17.7. The SMILES string of the molecule is O=S1(=O)NC(=NCc2ncccc2F)Nc2c1ccc(F)c2Oc1ccc(Cl)cc1Cl. The first-order chi connectivity index (χ1) is 14.7. The second-order valence-electron chi connectivity index (χ2n) is 6.25. The van der Waals surface area contributed by atoms with Crippen molar-refractivity contribution >= 4 is 44.9 Å². The third-order valence-corrected chi connectivity index (χ3v) is 6.07. The molecule has 2 aromatic carbocycles. The zero-order valence-electron chi connectivity index (χ0n) is 15.4. The van der Waals surface area contributed by atoms with E-state index in [1.165, 1.54) is 36.5 Å². The number of pyridine rings is 1. The van der Waals surface area contributed by atoms with Crippen LogP contribution in [0.2, 0.25) is 10.0 Å². The summed E-state index contributed by atoms with van der Waals surface area (Å²) in [6.07, 6.45) is 1.38. The van der Waals surface area contributed by atoms with Crippen LogP contribution < -0.4 is 14.8 Å². The number of benzene rings is 2. The molecule has 7 nitrogen and oxygen atoms in total. The number of ether oxygens (including phenoxy) is 1. The molecule has 0 unspecified atom stereocenters. The van der Waals surface area contributed by atoms with Gasteiger partial charge in [-0.3, -0.25) is 4.98 Å². The molecule has 4 rings (SSSR count). The number of aliphatic imine (C=N–C) groups is 1. The largest absolute Gasteiger partial charge is 0.450 e. The molecule has 1 aliphatic heterocycles. The van der Waals surface area contributed by atoms with E-state index in [0.717, 1.165) is 12.1 Å². The summed E-state index contributed by atoms with van der Waals surface area (Å²) < 4.78 is 61.5. The number of halogens is 4. The molecule has 0 radical (unpaired) electrons. The number of nitrogens with one attached hydrogen (secondary N) is 2. The van der Waals surface area contributed by atoms with Crippen LogP contribution in [0.4, 0.5) is 14.5 Å². The number of hydrogen-bond acceptors (Lipinski definition) is 5.